The lowest BCUT2D eigenvalue weighted by Crippen LogP contribution is -2.40. The van der Waals surface area contributed by atoms with Gasteiger partial charge in [-0.1, -0.05) is 5.16 Å². The molecule has 0 aliphatic carbocycles. The summed E-state index contributed by atoms with van der Waals surface area (Å²) in [5.74, 6) is 0.525. The van der Waals surface area contributed by atoms with Crippen LogP contribution in [-0.4, -0.2) is 23.2 Å². The molecule has 54 valence electrons. The van der Waals surface area contributed by atoms with Crippen molar-refractivity contribution >= 4 is 0 Å². The fourth-order valence-electron chi connectivity index (χ4n) is 0.899. The molecular weight excluding hydrogens is 134 g/mol. The van der Waals surface area contributed by atoms with E-state index in [1.165, 1.54) is 0 Å². The van der Waals surface area contributed by atoms with Gasteiger partial charge in [-0.05, 0) is 0 Å². The van der Waals surface area contributed by atoms with Gasteiger partial charge >= 0.3 is 5.76 Å². The van der Waals surface area contributed by atoms with Crippen LogP contribution in [0.25, 0.3) is 0 Å². The van der Waals surface area contributed by atoms with Gasteiger partial charge in [-0.15, -0.1) is 0 Å². The van der Waals surface area contributed by atoms with Crippen molar-refractivity contribution in [1.82, 2.24) is 15.5 Å². The van der Waals surface area contributed by atoms with Crippen LogP contribution >= 0.6 is 0 Å². The Hall–Kier alpha value is -1.10. The van der Waals surface area contributed by atoms with Crippen LogP contribution in [0, 0.1) is 0 Å². The van der Waals surface area contributed by atoms with E-state index in [9.17, 15) is 4.79 Å². The highest BCUT2D eigenvalue weighted by molar-refractivity contribution is 4.99. The average molecular weight is 141 g/mol. The van der Waals surface area contributed by atoms with Gasteiger partial charge in [-0.3, -0.25) is 9.51 Å². The van der Waals surface area contributed by atoms with E-state index in [0.717, 1.165) is 13.1 Å². The van der Waals surface area contributed by atoms with E-state index >= 15 is 0 Å². The molecule has 1 aliphatic heterocycles. The molecule has 2 heterocycles. The topological polar surface area (TPSA) is 70.9 Å². The first-order chi connectivity index (χ1) is 4.86. The van der Waals surface area contributed by atoms with Crippen molar-refractivity contribution in [2.24, 2.45) is 0 Å². The van der Waals surface area contributed by atoms with Crippen LogP contribution in [0.5, 0.6) is 0 Å². The molecule has 5 nitrogen and oxygen atoms in total. The lowest BCUT2D eigenvalue weighted by molar-refractivity contribution is 0.360. The lowest BCUT2D eigenvalue weighted by atomic mass is 10.0. The van der Waals surface area contributed by atoms with Crippen LogP contribution in [0.15, 0.2) is 9.32 Å². The van der Waals surface area contributed by atoms with E-state index in [4.69, 9.17) is 0 Å². The maximum Gasteiger partial charge on any atom is 0.438 e. The molecule has 0 spiro atoms. The van der Waals surface area contributed by atoms with Crippen molar-refractivity contribution in [1.29, 1.82) is 0 Å². The molecular formula is C5H7N3O2. The van der Waals surface area contributed by atoms with Gasteiger partial charge in [-0.2, -0.15) is 0 Å². The van der Waals surface area contributed by atoms with Crippen molar-refractivity contribution in [3.8, 4) is 0 Å². The summed E-state index contributed by atoms with van der Waals surface area (Å²) < 4.78 is 4.33. The normalized spacial score (nSPS) is 18.8. The molecule has 5 heteroatoms. The second kappa shape index (κ2) is 1.95. The monoisotopic (exact) mass is 141 g/mol. The van der Waals surface area contributed by atoms with Crippen LogP contribution in [0.4, 0.5) is 0 Å². The summed E-state index contributed by atoms with van der Waals surface area (Å²) in [6.45, 7) is 1.75. The van der Waals surface area contributed by atoms with Gasteiger partial charge in [0, 0.05) is 19.0 Å². The highest BCUT2D eigenvalue weighted by Gasteiger charge is 2.22. The quantitative estimate of drug-likeness (QED) is 0.529. The predicted molar refractivity (Wildman–Crippen MR) is 32.7 cm³/mol. The zero-order valence-electron chi connectivity index (χ0n) is 5.26. The minimum absolute atomic E-state index is 0.339. The van der Waals surface area contributed by atoms with E-state index < -0.39 is 5.76 Å². The Morgan fingerprint density at radius 3 is 2.80 bits per heavy atom. The Kier molecular flexibility index (Phi) is 1.10. The Morgan fingerprint density at radius 2 is 2.40 bits per heavy atom. The van der Waals surface area contributed by atoms with Crippen molar-refractivity contribution in [3.63, 3.8) is 0 Å². The lowest BCUT2D eigenvalue weighted by Gasteiger charge is -2.23. The summed E-state index contributed by atoms with van der Waals surface area (Å²) in [4.78, 5) is 12.9. The maximum absolute atomic E-state index is 10.4. The first-order valence-electron chi connectivity index (χ1n) is 3.13. The van der Waals surface area contributed by atoms with Crippen molar-refractivity contribution < 1.29 is 4.52 Å². The Labute approximate surface area is 56.4 Å². The molecule has 1 aliphatic rings. The van der Waals surface area contributed by atoms with Crippen LogP contribution < -0.4 is 11.1 Å². The first kappa shape index (κ1) is 5.67. The zero-order valence-corrected chi connectivity index (χ0v) is 5.26. The highest BCUT2D eigenvalue weighted by atomic mass is 16.5. The van der Waals surface area contributed by atoms with E-state index in [0.29, 0.717) is 11.7 Å². The largest absolute Gasteiger partial charge is 0.438 e. The predicted octanol–water partition coefficient (Wildman–Crippen LogP) is -0.950. The fraction of sp³-hybridized carbons (Fsp3) is 0.600. The molecule has 1 aromatic rings. The summed E-state index contributed by atoms with van der Waals surface area (Å²) in [5.41, 5.74) is 0. The zero-order chi connectivity index (χ0) is 6.97. The third-order valence-corrected chi connectivity index (χ3v) is 1.63. The van der Waals surface area contributed by atoms with Gasteiger partial charge in [0.25, 0.3) is 0 Å². The number of nitrogens with zero attached hydrogens (tertiary/aromatic N) is 1. The minimum atomic E-state index is -0.470. The number of nitrogens with one attached hydrogen (secondary N) is 2. The summed E-state index contributed by atoms with van der Waals surface area (Å²) in [5, 5.41) is 6.62. The molecule has 2 N–H and O–H groups in total. The minimum Gasteiger partial charge on any atom is -0.315 e. The molecule has 10 heavy (non-hydrogen) atoms. The second-order valence-corrected chi connectivity index (χ2v) is 2.34. The molecule has 0 amide bonds. The van der Waals surface area contributed by atoms with Crippen molar-refractivity contribution in [2.45, 2.75) is 5.92 Å². The van der Waals surface area contributed by atoms with Crippen molar-refractivity contribution in [3.05, 3.63) is 16.4 Å². The molecule has 0 aromatic carbocycles. The van der Waals surface area contributed by atoms with Crippen LogP contribution in [-0.2, 0) is 0 Å². The Morgan fingerprint density at radius 1 is 1.60 bits per heavy atom. The van der Waals surface area contributed by atoms with Crippen molar-refractivity contribution in [2.75, 3.05) is 13.1 Å². The van der Waals surface area contributed by atoms with Crippen LogP contribution in [0.1, 0.15) is 11.7 Å². The van der Waals surface area contributed by atoms with Gasteiger partial charge in [0.1, 0.15) is 0 Å². The molecule has 2 rings (SSSR count). The summed E-state index contributed by atoms with van der Waals surface area (Å²) in [7, 11) is 0. The van der Waals surface area contributed by atoms with Crippen LogP contribution in [0.3, 0.4) is 0 Å². The number of rotatable bonds is 1. The van der Waals surface area contributed by atoms with E-state index in [1.54, 1.807) is 0 Å². The molecule has 0 atom stereocenters. The molecule has 0 radical (unpaired) electrons. The number of hydrogen-bond donors (Lipinski definition) is 2. The fourth-order valence-corrected chi connectivity index (χ4v) is 0.899. The Bertz CT molecular complexity index is 272. The molecule has 1 aromatic heterocycles. The molecule has 0 saturated carbocycles. The van der Waals surface area contributed by atoms with E-state index in [2.05, 4.69) is 20.0 Å². The first-order valence-corrected chi connectivity index (χ1v) is 3.13. The standard InChI is InChI=1S/C5H7N3O2/c9-5-7-4(8-10-5)3-1-6-2-3/h3,6H,1-2H2,(H,7,8,9). The number of aromatic nitrogens is 2. The molecule has 1 saturated heterocycles. The van der Waals surface area contributed by atoms with Crippen LogP contribution in [0.2, 0.25) is 0 Å². The molecule has 0 unspecified atom stereocenters. The van der Waals surface area contributed by atoms with Gasteiger partial charge in [0.15, 0.2) is 5.82 Å². The van der Waals surface area contributed by atoms with Gasteiger partial charge in [-0.25, -0.2) is 4.79 Å². The number of H-pyrrole nitrogens is 1. The van der Waals surface area contributed by atoms with E-state index in [-0.39, 0.29) is 0 Å². The summed E-state index contributed by atoms with van der Waals surface area (Å²) in [6.07, 6.45) is 0. The third kappa shape index (κ3) is 0.750. The molecule has 1 fully saturated rings. The second-order valence-electron chi connectivity index (χ2n) is 2.34. The number of hydrogen-bond acceptors (Lipinski definition) is 4. The summed E-state index contributed by atoms with van der Waals surface area (Å²) in [6, 6.07) is 0. The third-order valence-electron chi connectivity index (χ3n) is 1.63. The highest BCUT2D eigenvalue weighted by Crippen LogP contribution is 2.12. The van der Waals surface area contributed by atoms with Gasteiger partial charge < -0.3 is 5.32 Å². The maximum atomic E-state index is 10.4. The molecule has 0 bridgehead atoms. The number of aromatic amines is 1. The smallest absolute Gasteiger partial charge is 0.315 e. The van der Waals surface area contributed by atoms with Gasteiger partial charge in [0.2, 0.25) is 0 Å². The average Bonchev–Trinajstić information content (AvgIpc) is 2.10. The van der Waals surface area contributed by atoms with Gasteiger partial charge in [0.05, 0.1) is 0 Å². The van der Waals surface area contributed by atoms with E-state index in [1.807, 2.05) is 0 Å². The Balaban J connectivity index is 2.25. The summed E-state index contributed by atoms with van der Waals surface area (Å²) >= 11 is 0. The SMILES string of the molecule is O=c1[nH]c(C2CNC2)no1.